The van der Waals surface area contributed by atoms with Crippen LogP contribution in [0.1, 0.15) is 36.1 Å². The van der Waals surface area contributed by atoms with Crippen molar-refractivity contribution in [2.75, 3.05) is 12.0 Å². The quantitative estimate of drug-likeness (QED) is 0.640. The molecule has 0 fully saturated rings. The Morgan fingerprint density at radius 2 is 1.93 bits per heavy atom. The van der Waals surface area contributed by atoms with E-state index in [2.05, 4.69) is 30.2 Å². The van der Waals surface area contributed by atoms with E-state index in [1.165, 1.54) is 17.2 Å². The molecule has 0 saturated carbocycles. The van der Waals surface area contributed by atoms with Gasteiger partial charge in [0.1, 0.15) is 18.3 Å². The molecule has 0 aromatic heterocycles. The second kappa shape index (κ2) is 8.13. The summed E-state index contributed by atoms with van der Waals surface area (Å²) in [6.45, 7) is 9.18. The van der Waals surface area contributed by atoms with Crippen LogP contribution in [0.25, 0.3) is 5.57 Å². The van der Waals surface area contributed by atoms with Crippen LogP contribution in [0.2, 0.25) is 0 Å². The highest BCUT2D eigenvalue weighted by molar-refractivity contribution is 5.76. The molecule has 3 rings (SSSR count). The van der Waals surface area contributed by atoms with Crippen molar-refractivity contribution in [2.45, 2.75) is 39.7 Å². The summed E-state index contributed by atoms with van der Waals surface area (Å²) in [7, 11) is 0. The number of allylic oxidation sites excluding steroid dienone is 1. The lowest BCUT2D eigenvalue weighted by molar-refractivity contribution is 0.422. The number of anilines is 1. The van der Waals surface area contributed by atoms with Gasteiger partial charge in [0.15, 0.2) is 0 Å². The van der Waals surface area contributed by atoms with Crippen molar-refractivity contribution in [3.8, 4) is 0 Å². The lowest BCUT2D eigenvalue weighted by Gasteiger charge is -2.22. The fourth-order valence-corrected chi connectivity index (χ4v) is 3.81. The number of nitrogens with one attached hydrogen (secondary N) is 2. The summed E-state index contributed by atoms with van der Waals surface area (Å²) in [6, 6.07) is 7.54. The summed E-state index contributed by atoms with van der Waals surface area (Å²) < 4.78 is 41.5. The van der Waals surface area contributed by atoms with Gasteiger partial charge in [-0.25, -0.2) is 13.2 Å². The van der Waals surface area contributed by atoms with Crippen molar-refractivity contribution in [3.05, 3.63) is 82.2 Å². The van der Waals surface area contributed by atoms with E-state index >= 15 is 0 Å². The van der Waals surface area contributed by atoms with E-state index in [0.717, 1.165) is 18.2 Å². The second-order valence-corrected chi connectivity index (χ2v) is 7.19. The van der Waals surface area contributed by atoms with Gasteiger partial charge in [0, 0.05) is 11.8 Å². The van der Waals surface area contributed by atoms with Gasteiger partial charge in [-0.05, 0) is 78.3 Å². The van der Waals surface area contributed by atoms with Crippen molar-refractivity contribution in [2.24, 2.45) is 0 Å². The summed E-state index contributed by atoms with van der Waals surface area (Å²) in [6.07, 6.45) is 1.22. The van der Waals surface area contributed by atoms with E-state index in [-0.39, 0.29) is 6.42 Å². The molecule has 1 unspecified atom stereocenters. The van der Waals surface area contributed by atoms with Crippen LogP contribution in [0.15, 0.2) is 48.3 Å². The second-order valence-electron chi connectivity index (χ2n) is 7.19. The SMILES string of the molecule is C=C(Nc1ccc(CC)c(C)c1)NC(CF)C1=C(C)c2cc(F)cc(F)c2C1. The Bertz CT molecular complexity index is 947. The zero-order valence-corrected chi connectivity index (χ0v) is 16.4. The number of fused-ring (bicyclic) bond motifs is 1. The highest BCUT2D eigenvalue weighted by Gasteiger charge is 2.28. The van der Waals surface area contributed by atoms with E-state index in [4.69, 9.17) is 0 Å². The molecular weight excluding hydrogens is 361 g/mol. The number of alkyl halides is 1. The molecule has 0 aliphatic heterocycles. The number of hydrogen-bond acceptors (Lipinski definition) is 2. The molecule has 2 N–H and O–H groups in total. The maximum atomic E-state index is 14.1. The summed E-state index contributed by atoms with van der Waals surface area (Å²) in [5, 5.41) is 6.20. The molecule has 1 atom stereocenters. The van der Waals surface area contributed by atoms with Crippen LogP contribution in [0.5, 0.6) is 0 Å². The average Bonchev–Trinajstić information content (AvgIpc) is 2.97. The maximum Gasteiger partial charge on any atom is 0.130 e. The average molecular weight is 386 g/mol. The van der Waals surface area contributed by atoms with E-state index < -0.39 is 24.4 Å². The zero-order valence-electron chi connectivity index (χ0n) is 16.4. The van der Waals surface area contributed by atoms with Crippen molar-refractivity contribution in [1.82, 2.24) is 5.32 Å². The first-order valence-electron chi connectivity index (χ1n) is 9.39. The first kappa shape index (κ1) is 20.1. The van der Waals surface area contributed by atoms with Crippen LogP contribution in [0, 0.1) is 18.6 Å². The van der Waals surface area contributed by atoms with Crippen molar-refractivity contribution >= 4 is 11.3 Å². The highest BCUT2D eigenvalue weighted by atomic mass is 19.1. The Hall–Kier alpha value is -2.69. The molecule has 0 amide bonds. The molecule has 5 heteroatoms. The van der Waals surface area contributed by atoms with E-state index in [1.54, 1.807) is 6.92 Å². The third-order valence-corrected chi connectivity index (χ3v) is 5.36. The number of halogens is 3. The molecule has 0 radical (unpaired) electrons. The van der Waals surface area contributed by atoms with Crippen molar-refractivity contribution in [3.63, 3.8) is 0 Å². The predicted octanol–water partition coefficient (Wildman–Crippen LogP) is 5.68. The van der Waals surface area contributed by atoms with Crippen molar-refractivity contribution < 1.29 is 13.2 Å². The number of benzene rings is 2. The summed E-state index contributed by atoms with van der Waals surface area (Å²) in [4.78, 5) is 0. The molecule has 0 bridgehead atoms. The van der Waals surface area contributed by atoms with E-state index in [1.807, 2.05) is 19.1 Å². The molecule has 0 spiro atoms. The minimum atomic E-state index is -0.681. The molecule has 1 aliphatic rings. The molecule has 2 nitrogen and oxygen atoms in total. The molecule has 148 valence electrons. The Morgan fingerprint density at radius 1 is 1.18 bits per heavy atom. The molecule has 2 aromatic rings. The minimum Gasteiger partial charge on any atom is -0.363 e. The van der Waals surface area contributed by atoms with Gasteiger partial charge in [-0.15, -0.1) is 0 Å². The minimum absolute atomic E-state index is 0.256. The largest absolute Gasteiger partial charge is 0.363 e. The third kappa shape index (κ3) is 3.93. The van der Waals surface area contributed by atoms with Crippen LogP contribution in [-0.4, -0.2) is 12.7 Å². The van der Waals surface area contributed by atoms with Crippen LogP contribution < -0.4 is 10.6 Å². The van der Waals surface area contributed by atoms with Crippen molar-refractivity contribution in [1.29, 1.82) is 0 Å². The summed E-state index contributed by atoms with van der Waals surface area (Å²) in [5.41, 5.74) is 5.64. The fraction of sp³-hybridized carbons (Fsp3) is 0.304. The highest BCUT2D eigenvalue weighted by Crippen LogP contribution is 2.36. The van der Waals surface area contributed by atoms with Crippen LogP contribution in [0.4, 0.5) is 18.9 Å². The number of aryl methyl sites for hydroxylation is 2. The van der Waals surface area contributed by atoms with Gasteiger partial charge in [0.2, 0.25) is 0 Å². The summed E-state index contributed by atoms with van der Waals surface area (Å²) >= 11 is 0. The van der Waals surface area contributed by atoms with E-state index in [0.29, 0.717) is 28.1 Å². The summed E-state index contributed by atoms with van der Waals surface area (Å²) in [5.74, 6) is -0.766. The Kier molecular flexibility index (Phi) is 5.82. The normalized spacial score (nSPS) is 14.1. The van der Waals surface area contributed by atoms with Gasteiger partial charge in [-0.2, -0.15) is 0 Å². The van der Waals surface area contributed by atoms with Gasteiger partial charge in [-0.1, -0.05) is 19.6 Å². The lowest BCUT2D eigenvalue weighted by atomic mass is 10.0. The van der Waals surface area contributed by atoms with Gasteiger partial charge in [0.05, 0.1) is 11.9 Å². The van der Waals surface area contributed by atoms with Gasteiger partial charge >= 0.3 is 0 Å². The third-order valence-electron chi connectivity index (χ3n) is 5.36. The number of hydrogen-bond donors (Lipinski definition) is 2. The monoisotopic (exact) mass is 386 g/mol. The molecule has 2 aromatic carbocycles. The predicted molar refractivity (Wildman–Crippen MR) is 109 cm³/mol. The smallest absolute Gasteiger partial charge is 0.130 e. The molecule has 0 saturated heterocycles. The van der Waals surface area contributed by atoms with Gasteiger partial charge < -0.3 is 10.6 Å². The topological polar surface area (TPSA) is 24.1 Å². The molecule has 1 aliphatic carbocycles. The van der Waals surface area contributed by atoms with E-state index in [9.17, 15) is 13.2 Å². The Labute approximate surface area is 164 Å². The Balaban J connectivity index is 1.75. The first-order valence-corrected chi connectivity index (χ1v) is 9.39. The zero-order chi connectivity index (χ0) is 20.4. The standard InChI is InChI=1S/C23H25F3N2/c1-5-16-6-7-18(8-13(16)2)27-15(4)28-23(12-24)20-11-21-19(14(20)3)9-17(25)10-22(21)26/h6-10,23,27-28H,4-5,11-12H2,1-3H3. The molecule has 28 heavy (non-hydrogen) atoms. The number of rotatable bonds is 7. The molecular formula is C23H25F3N2. The first-order chi connectivity index (χ1) is 13.3. The lowest BCUT2D eigenvalue weighted by Crippen LogP contribution is -2.35. The van der Waals surface area contributed by atoms with Gasteiger partial charge in [-0.3, -0.25) is 0 Å². The van der Waals surface area contributed by atoms with Crippen LogP contribution >= 0.6 is 0 Å². The van der Waals surface area contributed by atoms with Crippen LogP contribution in [-0.2, 0) is 12.8 Å². The fourth-order valence-electron chi connectivity index (χ4n) is 3.81. The Morgan fingerprint density at radius 3 is 2.57 bits per heavy atom. The van der Waals surface area contributed by atoms with Crippen LogP contribution in [0.3, 0.4) is 0 Å². The van der Waals surface area contributed by atoms with Gasteiger partial charge in [0.25, 0.3) is 0 Å². The molecule has 0 heterocycles. The maximum absolute atomic E-state index is 14.1.